The highest BCUT2D eigenvalue weighted by Gasteiger charge is 2.46. The Morgan fingerprint density at radius 3 is 1.81 bits per heavy atom. The third kappa shape index (κ3) is 6.78. The summed E-state index contributed by atoms with van der Waals surface area (Å²) in [4.78, 5) is 13.1. The van der Waals surface area contributed by atoms with Crippen LogP contribution >= 0.6 is 0 Å². The number of para-hydroxylation sites is 1. The van der Waals surface area contributed by atoms with Gasteiger partial charge in [-0.2, -0.15) is 0 Å². The molecule has 16 heteroatoms. The van der Waals surface area contributed by atoms with Crippen molar-refractivity contribution in [1.82, 2.24) is 0 Å². The van der Waals surface area contributed by atoms with Gasteiger partial charge in [-0.1, -0.05) is 18.2 Å². The van der Waals surface area contributed by atoms with Crippen LogP contribution in [0.15, 0.2) is 36.4 Å². The molecule has 2 heterocycles. The fourth-order valence-electron chi connectivity index (χ4n) is 4.58. The lowest BCUT2D eigenvalue weighted by Crippen LogP contribution is -2.60. The van der Waals surface area contributed by atoms with Gasteiger partial charge in [0, 0.05) is 5.56 Å². The predicted molar refractivity (Wildman–Crippen MR) is 139 cm³/mol. The second-order valence-electron chi connectivity index (χ2n) is 9.81. The zero-order chi connectivity index (χ0) is 31.4. The van der Waals surface area contributed by atoms with Crippen molar-refractivity contribution in [2.24, 2.45) is 0 Å². The van der Waals surface area contributed by atoms with Gasteiger partial charge in [-0.25, -0.2) is 4.79 Å². The van der Waals surface area contributed by atoms with E-state index in [1.54, 1.807) is 12.1 Å². The lowest BCUT2D eigenvalue weighted by atomic mass is 9.99. The van der Waals surface area contributed by atoms with Gasteiger partial charge in [0.05, 0.1) is 20.3 Å². The number of aliphatic hydroxyl groups is 8. The molecule has 2 fully saturated rings. The van der Waals surface area contributed by atoms with Crippen LogP contribution in [0, 0.1) is 0 Å². The summed E-state index contributed by atoms with van der Waals surface area (Å²) in [6, 6.07) is 8.40. The Morgan fingerprint density at radius 1 is 0.744 bits per heavy atom. The molecule has 16 nitrogen and oxygen atoms in total. The molecular formula is C27H34O16. The third-order valence-corrected chi connectivity index (χ3v) is 7.02. The molecule has 9 N–H and O–H groups in total. The minimum absolute atomic E-state index is 0.0653. The van der Waals surface area contributed by atoms with Gasteiger partial charge in [-0.3, -0.25) is 0 Å². The average Bonchev–Trinajstić information content (AvgIpc) is 3.01. The summed E-state index contributed by atoms with van der Waals surface area (Å²) in [7, 11) is 1.16. The number of methoxy groups -OCH3 is 1. The Morgan fingerprint density at radius 2 is 1.28 bits per heavy atom. The van der Waals surface area contributed by atoms with Crippen molar-refractivity contribution in [3.05, 3.63) is 47.5 Å². The maximum absolute atomic E-state index is 13.1. The minimum atomic E-state index is -1.76. The molecule has 2 aliphatic heterocycles. The van der Waals surface area contributed by atoms with Gasteiger partial charge >= 0.3 is 5.97 Å². The fraction of sp³-hybridized carbons (Fsp3) is 0.519. The van der Waals surface area contributed by atoms with Crippen LogP contribution in [0.3, 0.4) is 0 Å². The van der Waals surface area contributed by atoms with Gasteiger partial charge in [0.2, 0.25) is 12.6 Å². The first-order valence-corrected chi connectivity index (χ1v) is 13.1. The molecule has 0 unspecified atom stereocenters. The third-order valence-electron chi connectivity index (χ3n) is 7.02. The number of aromatic hydroxyl groups is 1. The van der Waals surface area contributed by atoms with Crippen LogP contribution in [-0.4, -0.2) is 134 Å². The molecule has 2 saturated heterocycles. The van der Waals surface area contributed by atoms with E-state index in [2.05, 4.69) is 0 Å². The van der Waals surface area contributed by atoms with Gasteiger partial charge < -0.3 is 74.4 Å². The first-order chi connectivity index (χ1) is 20.5. The number of carbonyl (C=O) groups excluding carboxylic acids is 1. The van der Waals surface area contributed by atoms with E-state index >= 15 is 0 Å². The van der Waals surface area contributed by atoms with Gasteiger partial charge in [0.25, 0.3) is 0 Å². The Hall–Kier alpha value is -3.29. The largest absolute Gasteiger partial charge is 0.507 e. The second-order valence-corrected chi connectivity index (χ2v) is 9.81. The monoisotopic (exact) mass is 614 g/mol. The Balaban J connectivity index is 1.50. The summed E-state index contributed by atoms with van der Waals surface area (Å²) in [5.74, 6) is -2.13. The Bertz CT molecular complexity index is 1240. The van der Waals surface area contributed by atoms with Crippen LogP contribution in [0.5, 0.6) is 23.0 Å². The number of phenolic OH excluding ortho intramolecular Hbond substituents is 1. The maximum atomic E-state index is 13.1. The van der Waals surface area contributed by atoms with E-state index < -0.39 is 98.5 Å². The van der Waals surface area contributed by atoms with Crippen molar-refractivity contribution in [3.63, 3.8) is 0 Å². The zero-order valence-electron chi connectivity index (χ0n) is 22.7. The number of hydrogen-bond acceptors (Lipinski definition) is 16. The van der Waals surface area contributed by atoms with Crippen LogP contribution in [0.4, 0.5) is 0 Å². The van der Waals surface area contributed by atoms with E-state index in [9.17, 15) is 50.8 Å². The molecule has 0 aliphatic carbocycles. The smallest absolute Gasteiger partial charge is 0.346 e. The van der Waals surface area contributed by atoms with E-state index in [0.717, 1.165) is 13.2 Å². The van der Waals surface area contributed by atoms with Crippen LogP contribution in [0.1, 0.15) is 15.9 Å². The molecule has 0 saturated carbocycles. The summed E-state index contributed by atoms with van der Waals surface area (Å²) in [6.45, 7) is -1.79. The topological polar surface area (TPSA) is 255 Å². The van der Waals surface area contributed by atoms with Gasteiger partial charge in [0.1, 0.15) is 72.5 Å². The summed E-state index contributed by atoms with van der Waals surface area (Å²) >= 11 is 0. The highest BCUT2D eigenvalue weighted by molar-refractivity contribution is 5.96. The highest BCUT2D eigenvalue weighted by Crippen LogP contribution is 2.39. The number of rotatable bonds is 10. The number of esters is 1. The van der Waals surface area contributed by atoms with Gasteiger partial charge in [-0.05, 0) is 18.2 Å². The normalized spacial score (nSPS) is 32.6. The van der Waals surface area contributed by atoms with E-state index in [1.165, 1.54) is 18.2 Å². The molecule has 0 aromatic heterocycles. The summed E-state index contributed by atoms with van der Waals surface area (Å²) in [5.41, 5.74) is -0.211. The second kappa shape index (κ2) is 14.0. The number of hydrogen-bond donors (Lipinski definition) is 9. The molecular weight excluding hydrogens is 580 g/mol. The molecule has 10 atom stereocenters. The van der Waals surface area contributed by atoms with Crippen LogP contribution < -0.4 is 14.2 Å². The minimum Gasteiger partial charge on any atom is -0.507 e. The lowest BCUT2D eigenvalue weighted by molar-refractivity contribution is -0.277. The van der Waals surface area contributed by atoms with Crippen molar-refractivity contribution in [1.29, 1.82) is 0 Å². The molecule has 0 bridgehead atoms. The van der Waals surface area contributed by atoms with Crippen LogP contribution in [0.2, 0.25) is 0 Å². The molecule has 2 aromatic rings. The zero-order valence-corrected chi connectivity index (χ0v) is 22.7. The quantitative estimate of drug-likeness (QED) is 0.122. The number of benzene rings is 2. The highest BCUT2D eigenvalue weighted by atomic mass is 16.7. The first kappa shape index (κ1) is 32.6. The van der Waals surface area contributed by atoms with E-state index in [1.807, 2.05) is 0 Å². The van der Waals surface area contributed by atoms with Gasteiger partial charge in [-0.15, -0.1) is 0 Å². The van der Waals surface area contributed by atoms with Crippen LogP contribution in [0.25, 0.3) is 0 Å². The molecule has 2 aliphatic rings. The number of ether oxygens (including phenoxy) is 6. The number of aliphatic hydroxyl groups excluding tert-OH is 8. The molecule has 0 spiro atoms. The van der Waals surface area contributed by atoms with E-state index in [4.69, 9.17) is 28.4 Å². The first-order valence-electron chi connectivity index (χ1n) is 13.1. The molecule has 4 rings (SSSR count). The van der Waals surface area contributed by atoms with Crippen LogP contribution in [-0.2, 0) is 20.8 Å². The summed E-state index contributed by atoms with van der Waals surface area (Å²) < 4.78 is 32.6. The Kier molecular flexibility index (Phi) is 10.6. The molecule has 0 amide bonds. The maximum Gasteiger partial charge on any atom is 0.346 e. The lowest BCUT2D eigenvalue weighted by Gasteiger charge is -2.39. The van der Waals surface area contributed by atoms with Crippen molar-refractivity contribution in [3.8, 4) is 23.0 Å². The summed E-state index contributed by atoms with van der Waals surface area (Å²) in [5, 5.41) is 90.0. The predicted octanol–water partition coefficient (Wildman–Crippen LogP) is -2.88. The molecule has 0 radical (unpaired) electrons. The SMILES string of the molecule is COc1c(O[C@H]2O[C@@H](CO)[C@H](O)[C@@H](O)[C@@H]2O)ccc(O)c1C(=O)OCc1ccccc1O[C@H]1O[C@H](CO)[C@H](O)[C@@H](O)[C@H]1O. The van der Waals surface area contributed by atoms with Crippen molar-refractivity contribution in [2.75, 3.05) is 20.3 Å². The Labute approximate surface area is 244 Å². The molecule has 2 aromatic carbocycles. The van der Waals surface area contributed by atoms with E-state index in [-0.39, 0.29) is 22.8 Å². The van der Waals surface area contributed by atoms with Crippen molar-refractivity contribution in [2.45, 2.75) is 68.0 Å². The van der Waals surface area contributed by atoms with Gasteiger partial charge in [0.15, 0.2) is 11.5 Å². The molecule has 238 valence electrons. The van der Waals surface area contributed by atoms with Crippen molar-refractivity contribution >= 4 is 5.97 Å². The number of phenols is 1. The summed E-state index contributed by atoms with van der Waals surface area (Å²) in [6.07, 6.45) is -15.6. The van der Waals surface area contributed by atoms with E-state index in [0.29, 0.717) is 0 Å². The number of carbonyl (C=O) groups is 1. The fourth-order valence-corrected chi connectivity index (χ4v) is 4.58. The standard InChI is InChI=1S/C27H34O16/c1-38-24-14(41-27-23(36)21(34)19(32)16(9-29)43-27)7-6-12(30)17(24)25(37)39-10-11-4-2-3-5-13(11)40-26-22(35)20(33)18(31)15(8-28)42-26/h2-7,15-16,18-23,26-36H,8-10H2,1H3/t15-,16+,18+,19+,20-,21-,22-,23+,26+,27+/m1/s1. The average molecular weight is 615 g/mol. The molecule has 43 heavy (non-hydrogen) atoms. The van der Waals surface area contributed by atoms with Crippen molar-refractivity contribution < 1.29 is 79.2 Å².